The molecule has 0 unspecified atom stereocenters. The van der Waals surface area contributed by atoms with Crippen molar-refractivity contribution in [3.8, 4) is 33.4 Å². The normalized spacial score (nSPS) is 12.1. The molecule has 0 N–H and O–H groups in total. The number of rotatable bonds is 3. The van der Waals surface area contributed by atoms with E-state index >= 15 is 0 Å². The highest BCUT2D eigenvalue weighted by atomic mass is 16.3. The van der Waals surface area contributed by atoms with Gasteiger partial charge in [0.25, 0.3) is 0 Å². The Labute approximate surface area is 282 Å². The van der Waals surface area contributed by atoms with E-state index in [1.54, 1.807) is 0 Å². The van der Waals surface area contributed by atoms with Gasteiger partial charge in [-0.25, -0.2) is 0 Å². The summed E-state index contributed by atoms with van der Waals surface area (Å²) in [4.78, 5) is 0. The number of furan rings is 1. The summed E-state index contributed by atoms with van der Waals surface area (Å²) >= 11 is 0. The summed E-state index contributed by atoms with van der Waals surface area (Å²) in [6, 6.07) is 62.2. The maximum Gasteiger partial charge on any atom is 0.136 e. The standard InChI is InChI=1S/C48H28O/c1-2-10-31-27-32(20-19-29(31)9-1)33-22-23-35-34(28-33)12-7-17-36(35)46-37-13-3-5-15-39(37)47(40-16-6-4-14-38(40)46)41-25-26-44-48-42(41)24-21-30-11-8-18-43(49-44)45(30)48/h1-28H. The van der Waals surface area contributed by atoms with Crippen LogP contribution in [0.3, 0.4) is 0 Å². The molecule has 11 aromatic rings. The van der Waals surface area contributed by atoms with E-state index in [9.17, 15) is 0 Å². The Balaban J connectivity index is 1.18. The molecule has 10 aromatic carbocycles. The van der Waals surface area contributed by atoms with Crippen molar-refractivity contribution in [2.45, 2.75) is 0 Å². The van der Waals surface area contributed by atoms with E-state index in [1.165, 1.54) is 98.0 Å². The molecule has 49 heavy (non-hydrogen) atoms. The van der Waals surface area contributed by atoms with E-state index in [1.807, 2.05) is 0 Å². The van der Waals surface area contributed by atoms with Crippen LogP contribution in [0.25, 0.3) is 109 Å². The molecule has 0 bridgehead atoms. The lowest BCUT2D eigenvalue weighted by Gasteiger charge is -2.20. The third-order valence-electron chi connectivity index (χ3n) is 10.6. The van der Waals surface area contributed by atoms with Gasteiger partial charge in [0, 0.05) is 10.8 Å². The van der Waals surface area contributed by atoms with Gasteiger partial charge in [0.2, 0.25) is 0 Å². The smallest absolute Gasteiger partial charge is 0.136 e. The van der Waals surface area contributed by atoms with E-state index in [2.05, 4.69) is 170 Å². The van der Waals surface area contributed by atoms with E-state index in [4.69, 9.17) is 4.42 Å². The van der Waals surface area contributed by atoms with Gasteiger partial charge in [-0.2, -0.15) is 0 Å². The van der Waals surface area contributed by atoms with E-state index in [0.717, 1.165) is 11.2 Å². The van der Waals surface area contributed by atoms with Gasteiger partial charge in [0.1, 0.15) is 11.2 Å². The minimum absolute atomic E-state index is 0.939. The van der Waals surface area contributed by atoms with Gasteiger partial charge in [-0.05, 0) is 118 Å². The molecule has 226 valence electrons. The molecule has 1 aromatic heterocycles. The van der Waals surface area contributed by atoms with E-state index in [0.29, 0.717) is 0 Å². The van der Waals surface area contributed by atoms with Crippen LogP contribution < -0.4 is 0 Å². The third kappa shape index (κ3) is 3.82. The molecule has 0 fully saturated rings. The SMILES string of the molecule is c1ccc2cc(-c3ccc4c(-c5c6ccccc6c(-c6ccc7oc8cccc9ccc6c7c98)c6ccccc56)cccc4c3)ccc2c1. The van der Waals surface area contributed by atoms with Crippen LogP contribution in [0.5, 0.6) is 0 Å². The van der Waals surface area contributed by atoms with Crippen LogP contribution in [0, 0.1) is 0 Å². The second-order valence-corrected chi connectivity index (χ2v) is 13.2. The van der Waals surface area contributed by atoms with Crippen molar-refractivity contribution in [3.63, 3.8) is 0 Å². The molecule has 1 heteroatoms. The zero-order valence-corrected chi connectivity index (χ0v) is 26.6. The molecule has 0 aliphatic heterocycles. The second kappa shape index (κ2) is 10.0. The van der Waals surface area contributed by atoms with Crippen molar-refractivity contribution in [1.29, 1.82) is 0 Å². The highest BCUT2D eigenvalue weighted by Gasteiger charge is 2.21. The zero-order valence-electron chi connectivity index (χ0n) is 26.6. The third-order valence-corrected chi connectivity index (χ3v) is 10.6. The van der Waals surface area contributed by atoms with Crippen LogP contribution in [0.15, 0.2) is 174 Å². The first-order chi connectivity index (χ1) is 24.3. The Morgan fingerprint density at radius 2 is 0.816 bits per heavy atom. The van der Waals surface area contributed by atoms with Gasteiger partial charge in [0.15, 0.2) is 0 Å². The van der Waals surface area contributed by atoms with Crippen molar-refractivity contribution < 1.29 is 4.42 Å². The molecule has 0 saturated carbocycles. The second-order valence-electron chi connectivity index (χ2n) is 13.2. The highest BCUT2D eigenvalue weighted by Crippen LogP contribution is 2.48. The summed E-state index contributed by atoms with van der Waals surface area (Å²) in [6.45, 7) is 0. The molecule has 1 heterocycles. The Morgan fingerprint density at radius 1 is 0.286 bits per heavy atom. The fraction of sp³-hybridized carbons (Fsp3) is 0. The topological polar surface area (TPSA) is 13.1 Å². The van der Waals surface area contributed by atoms with Gasteiger partial charge in [-0.15, -0.1) is 0 Å². The molecule has 0 atom stereocenters. The summed E-state index contributed by atoms with van der Waals surface area (Å²) in [6.07, 6.45) is 0. The van der Waals surface area contributed by atoms with E-state index < -0.39 is 0 Å². The van der Waals surface area contributed by atoms with Crippen LogP contribution in [0.4, 0.5) is 0 Å². The molecule has 0 amide bonds. The monoisotopic (exact) mass is 620 g/mol. The van der Waals surface area contributed by atoms with Gasteiger partial charge in [-0.1, -0.05) is 140 Å². The number of hydrogen-bond acceptors (Lipinski definition) is 1. The van der Waals surface area contributed by atoms with Gasteiger partial charge >= 0.3 is 0 Å². The predicted molar refractivity (Wildman–Crippen MR) is 209 cm³/mol. The largest absolute Gasteiger partial charge is 0.456 e. The van der Waals surface area contributed by atoms with Crippen LogP contribution in [0.2, 0.25) is 0 Å². The molecule has 0 spiro atoms. The fourth-order valence-electron chi connectivity index (χ4n) is 8.42. The fourth-order valence-corrected chi connectivity index (χ4v) is 8.42. The number of hydrogen-bond donors (Lipinski definition) is 0. The molecule has 1 nitrogen and oxygen atoms in total. The Morgan fingerprint density at radius 3 is 1.57 bits per heavy atom. The number of fused-ring (bicyclic) bond motifs is 4. The lowest BCUT2D eigenvalue weighted by molar-refractivity contribution is 0.669. The van der Waals surface area contributed by atoms with Crippen LogP contribution in [0.1, 0.15) is 0 Å². The maximum atomic E-state index is 6.35. The van der Waals surface area contributed by atoms with Crippen molar-refractivity contribution in [1.82, 2.24) is 0 Å². The first-order valence-electron chi connectivity index (χ1n) is 16.9. The summed E-state index contributed by atoms with van der Waals surface area (Å²) < 4.78 is 6.35. The predicted octanol–water partition coefficient (Wildman–Crippen LogP) is 13.8. The summed E-state index contributed by atoms with van der Waals surface area (Å²) in [5.74, 6) is 0. The average molecular weight is 621 g/mol. The van der Waals surface area contributed by atoms with Crippen LogP contribution >= 0.6 is 0 Å². The first-order valence-corrected chi connectivity index (χ1v) is 16.9. The summed E-state index contributed by atoms with van der Waals surface area (Å²) in [5.41, 5.74) is 9.38. The number of benzene rings is 10. The highest BCUT2D eigenvalue weighted by molar-refractivity contribution is 6.29. The molecule has 0 aliphatic carbocycles. The molecular formula is C48H28O. The van der Waals surface area contributed by atoms with Crippen molar-refractivity contribution in [2.24, 2.45) is 0 Å². The molecule has 0 aliphatic rings. The van der Waals surface area contributed by atoms with Gasteiger partial charge < -0.3 is 4.42 Å². The Kier molecular flexibility index (Phi) is 5.45. The summed E-state index contributed by atoms with van der Waals surface area (Å²) in [7, 11) is 0. The first kappa shape index (κ1) is 26.6. The average Bonchev–Trinajstić information content (AvgIpc) is 3.55. The van der Waals surface area contributed by atoms with Crippen molar-refractivity contribution in [3.05, 3.63) is 170 Å². The minimum atomic E-state index is 0.939. The van der Waals surface area contributed by atoms with Crippen LogP contribution in [-0.4, -0.2) is 0 Å². The lowest BCUT2D eigenvalue weighted by atomic mass is 9.83. The molecule has 0 saturated heterocycles. The van der Waals surface area contributed by atoms with Crippen LogP contribution in [-0.2, 0) is 0 Å². The Bertz CT molecular complexity index is 3050. The molecule has 0 radical (unpaired) electrons. The van der Waals surface area contributed by atoms with Crippen molar-refractivity contribution in [2.75, 3.05) is 0 Å². The minimum Gasteiger partial charge on any atom is -0.456 e. The molecule has 11 rings (SSSR count). The van der Waals surface area contributed by atoms with Crippen molar-refractivity contribution >= 4 is 75.8 Å². The summed E-state index contributed by atoms with van der Waals surface area (Å²) in [5, 5.41) is 14.9. The van der Waals surface area contributed by atoms with E-state index in [-0.39, 0.29) is 0 Å². The van der Waals surface area contributed by atoms with Gasteiger partial charge in [0.05, 0.1) is 0 Å². The Hall–Kier alpha value is -6.44. The quantitative estimate of drug-likeness (QED) is 0.141. The molecular weight excluding hydrogens is 593 g/mol. The maximum absolute atomic E-state index is 6.35. The zero-order chi connectivity index (χ0) is 32.1. The van der Waals surface area contributed by atoms with Gasteiger partial charge in [-0.3, -0.25) is 0 Å². The lowest BCUT2D eigenvalue weighted by Crippen LogP contribution is -1.92.